The van der Waals surface area contributed by atoms with Crippen LogP contribution >= 0.6 is 0 Å². The first-order valence-corrected chi connectivity index (χ1v) is 6.65. The van der Waals surface area contributed by atoms with Gasteiger partial charge in [0.05, 0.1) is 14.2 Å². The van der Waals surface area contributed by atoms with Gasteiger partial charge in [-0.15, -0.1) is 0 Å². The third-order valence-electron chi connectivity index (χ3n) is 3.80. The van der Waals surface area contributed by atoms with E-state index in [1.807, 2.05) is 42.5 Å². The minimum absolute atomic E-state index is 0.266. The molecule has 0 N–H and O–H groups in total. The third kappa shape index (κ3) is 2.75. The van der Waals surface area contributed by atoms with E-state index in [9.17, 15) is 9.59 Å². The normalized spacial score (nSPS) is 19.0. The lowest BCUT2D eigenvalue weighted by molar-refractivity contribution is -0.161. The molecule has 1 saturated carbocycles. The van der Waals surface area contributed by atoms with E-state index in [0.717, 1.165) is 11.1 Å². The highest BCUT2D eigenvalue weighted by Gasteiger charge is 2.68. The fraction of sp³-hybridized carbons (Fsp3) is 0.294. The van der Waals surface area contributed by atoms with Crippen molar-refractivity contribution in [2.75, 3.05) is 14.2 Å². The summed E-state index contributed by atoms with van der Waals surface area (Å²) in [5.41, 5.74) is 0.525. The number of benzene rings is 1. The van der Waals surface area contributed by atoms with Crippen LogP contribution in [0.1, 0.15) is 12.0 Å². The molecule has 110 valence electrons. The molecule has 0 aliphatic heterocycles. The van der Waals surface area contributed by atoms with E-state index < -0.39 is 17.4 Å². The van der Waals surface area contributed by atoms with Gasteiger partial charge < -0.3 is 9.47 Å². The number of carbonyl (C=O) groups is 2. The number of esters is 2. The monoisotopic (exact) mass is 286 g/mol. The van der Waals surface area contributed by atoms with E-state index in [-0.39, 0.29) is 5.92 Å². The Labute approximate surface area is 124 Å². The number of methoxy groups -OCH3 is 2. The van der Waals surface area contributed by atoms with Crippen molar-refractivity contribution in [3.8, 4) is 0 Å². The molecule has 0 aromatic heterocycles. The lowest BCUT2D eigenvalue weighted by Gasteiger charge is -2.12. The van der Waals surface area contributed by atoms with Crippen molar-refractivity contribution in [3.05, 3.63) is 54.1 Å². The molecular weight excluding hydrogens is 268 g/mol. The summed E-state index contributed by atoms with van der Waals surface area (Å²) in [6.07, 6.45) is 4.11. The van der Waals surface area contributed by atoms with Gasteiger partial charge in [0.15, 0.2) is 5.41 Å². The SMILES string of the molecule is C=C(/C=C/c1ccccc1)C1CC1(C(=O)OC)C(=O)OC. The predicted octanol–water partition coefficient (Wildman–Crippen LogP) is 2.61. The fourth-order valence-electron chi connectivity index (χ4n) is 2.49. The minimum Gasteiger partial charge on any atom is -0.468 e. The van der Waals surface area contributed by atoms with E-state index in [4.69, 9.17) is 9.47 Å². The van der Waals surface area contributed by atoms with Gasteiger partial charge in [-0.3, -0.25) is 9.59 Å². The van der Waals surface area contributed by atoms with E-state index in [0.29, 0.717) is 6.42 Å². The van der Waals surface area contributed by atoms with Gasteiger partial charge in [0.2, 0.25) is 0 Å². The van der Waals surface area contributed by atoms with Gasteiger partial charge in [0.1, 0.15) is 0 Å². The van der Waals surface area contributed by atoms with Crippen molar-refractivity contribution in [1.82, 2.24) is 0 Å². The lowest BCUT2D eigenvalue weighted by Crippen LogP contribution is -2.30. The summed E-state index contributed by atoms with van der Waals surface area (Å²) in [6.45, 7) is 3.96. The number of ether oxygens (including phenoxy) is 2. The topological polar surface area (TPSA) is 52.6 Å². The summed E-state index contributed by atoms with van der Waals surface area (Å²) in [7, 11) is 2.54. The summed E-state index contributed by atoms with van der Waals surface area (Å²) in [4.78, 5) is 23.8. The van der Waals surface area contributed by atoms with Gasteiger partial charge >= 0.3 is 11.9 Å². The number of carbonyl (C=O) groups excluding carboxylic acids is 2. The number of allylic oxidation sites excluding steroid dienone is 2. The van der Waals surface area contributed by atoms with Gasteiger partial charge in [-0.05, 0) is 12.0 Å². The molecule has 0 spiro atoms. The fourth-order valence-corrected chi connectivity index (χ4v) is 2.49. The molecule has 21 heavy (non-hydrogen) atoms. The quantitative estimate of drug-likeness (QED) is 0.474. The van der Waals surface area contributed by atoms with Crippen LogP contribution in [-0.2, 0) is 19.1 Å². The second-order valence-electron chi connectivity index (χ2n) is 5.03. The van der Waals surface area contributed by atoms with Crippen molar-refractivity contribution < 1.29 is 19.1 Å². The smallest absolute Gasteiger partial charge is 0.323 e. The minimum atomic E-state index is -1.22. The Morgan fingerprint density at radius 2 is 1.76 bits per heavy atom. The number of hydrogen-bond acceptors (Lipinski definition) is 4. The Balaban J connectivity index is 2.13. The predicted molar refractivity (Wildman–Crippen MR) is 79.2 cm³/mol. The second-order valence-corrected chi connectivity index (χ2v) is 5.03. The summed E-state index contributed by atoms with van der Waals surface area (Å²) in [6, 6.07) is 9.74. The van der Waals surface area contributed by atoms with Crippen LogP contribution in [0, 0.1) is 11.3 Å². The molecule has 4 heteroatoms. The zero-order valence-electron chi connectivity index (χ0n) is 12.2. The van der Waals surface area contributed by atoms with E-state index >= 15 is 0 Å². The molecule has 1 aromatic rings. The molecule has 1 aliphatic rings. The van der Waals surface area contributed by atoms with Crippen LogP contribution < -0.4 is 0 Å². The molecule has 2 rings (SSSR count). The van der Waals surface area contributed by atoms with E-state index in [1.165, 1.54) is 14.2 Å². The molecule has 0 heterocycles. The average molecular weight is 286 g/mol. The largest absolute Gasteiger partial charge is 0.468 e. The molecule has 1 aromatic carbocycles. The lowest BCUT2D eigenvalue weighted by atomic mass is 9.99. The second kappa shape index (κ2) is 5.95. The highest BCUT2D eigenvalue weighted by molar-refractivity contribution is 6.04. The first-order valence-electron chi connectivity index (χ1n) is 6.65. The van der Waals surface area contributed by atoms with Crippen molar-refractivity contribution in [1.29, 1.82) is 0 Å². The summed E-state index contributed by atoms with van der Waals surface area (Å²) >= 11 is 0. The maximum absolute atomic E-state index is 11.9. The molecule has 0 saturated heterocycles. The molecule has 1 aliphatic carbocycles. The molecular formula is C17H18O4. The van der Waals surface area contributed by atoms with Crippen LogP contribution in [0.4, 0.5) is 0 Å². The van der Waals surface area contributed by atoms with Crippen LogP contribution in [0.5, 0.6) is 0 Å². The zero-order valence-corrected chi connectivity index (χ0v) is 12.2. The van der Waals surface area contributed by atoms with Crippen molar-refractivity contribution in [2.45, 2.75) is 6.42 Å². The Kier molecular flexibility index (Phi) is 4.26. The standard InChI is InChI=1S/C17H18O4/c1-12(9-10-13-7-5-4-6-8-13)14-11-17(14,15(18)20-2)16(19)21-3/h4-10,14H,1,11H2,2-3H3/b10-9+. The van der Waals surface area contributed by atoms with Gasteiger partial charge in [0, 0.05) is 5.92 Å². The molecule has 0 amide bonds. The van der Waals surface area contributed by atoms with Crippen LogP contribution in [0.25, 0.3) is 6.08 Å². The van der Waals surface area contributed by atoms with Gasteiger partial charge in [-0.25, -0.2) is 0 Å². The molecule has 1 unspecified atom stereocenters. The maximum Gasteiger partial charge on any atom is 0.323 e. The Hall–Kier alpha value is -2.36. The third-order valence-corrected chi connectivity index (χ3v) is 3.80. The Morgan fingerprint density at radius 1 is 1.19 bits per heavy atom. The number of rotatable bonds is 5. The maximum atomic E-state index is 11.9. The van der Waals surface area contributed by atoms with Gasteiger partial charge in [0.25, 0.3) is 0 Å². The van der Waals surface area contributed by atoms with Crippen LogP contribution in [0.3, 0.4) is 0 Å². The van der Waals surface area contributed by atoms with E-state index in [1.54, 1.807) is 0 Å². The molecule has 0 radical (unpaired) electrons. The van der Waals surface area contributed by atoms with Gasteiger partial charge in [-0.1, -0.05) is 54.6 Å². The molecule has 1 atom stereocenters. The van der Waals surface area contributed by atoms with E-state index in [2.05, 4.69) is 6.58 Å². The number of hydrogen-bond donors (Lipinski definition) is 0. The molecule has 1 fully saturated rings. The summed E-state index contributed by atoms with van der Waals surface area (Å²) in [5.74, 6) is -1.39. The van der Waals surface area contributed by atoms with Crippen LogP contribution in [0.15, 0.2) is 48.6 Å². The van der Waals surface area contributed by atoms with Crippen molar-refractivity contribution in [3.63, 3.8) is 0 Å². The van der Waals surface area contributed by atoms with Crippen LogP contribution in [-0.4, -0.2) is 26.2 Å². The average Bonchev–Trinajstić information content (AvgIpc) is 3.29. The van der Waals surface area contributed by atoms with Crippen molar-refractivity contribution >= 4 is 18.0 Å². The highest BCUT2D eigenvalue weighted by atomic mass is 16.5. The van der Waals surface area contributed by atoms with Crippen LogP contribution in [0.2, 0.25) is 0 Å². The first-order chi connectivity index (χ1) is 10.1. The molecule has 0 bridgehead atoms. The summed E-state index contributed by atoms with van der Waals surface area (Å²) in [5, 5.41) is 0. The zero-order chi connectivity index (χ0) is 15.5. The summed E-state index contributed by atoms with van der Waals surface area (Å²) < 4.78 is 9.48. The Bertz CT molecular complexity index is 570. The molecule has 4 nitrogen and oxygen atoms in total. The first kappa shape index (κ1) is 15.0. The van der Waals surface area contributed by atoms with Gasteiger partial charge in [-0.2, -0.15) is 0 Å². The highest BCUT2D eigenvalue weighted by Crippen LogP contribution is 2.58. The Morgan fingerprint density at radius 3 is 2.29 bits per heavy atom. The van der Waals surface area contributed by atoms with Crippen molar-refractivity contribution in [2.24, 2.45) is 11.3 Å².